The van der Waals surface area contributed by atoms with E-state index in [2.05, 4.69) is 10.6 Å². The molecule has 4 nitrogen and oxygen atoms in total. The van der Waals surface area contributed by atoms with Crippen LogP contribution in [-0.4, -0.2) is 23.4 Å². The molecule has 0 atom stereocenters. The molecule has 0 heterocycles. The summed E-state index contributed by atoms with van der Waals surface area (Å²) in [5.41, 5.74) is 1.04. The van der Waals surface area contributed by atoms with Crippen LogP contribution in [-0.2, 0) is 6.54 Å². The zero-order chi connectivity index (χ0) is 16.7. The quantitative estimate of drug-likeness (QED) is 0.731. The topological polar surface area (TPSA) is 53.5 Å². The summed E-state index contributed by atoms with van der Waals surface area (Å²) in [6.45, 7) is 0.635. The fraction of sp³-hybridized carbons (Fsp3) is 0.632. The van der Waals surface area contributed by atoms with Crippen LogP contribution in [0.25, 0.3) is 0 Å². The van der Waals surface area contributed by atoms with Gasteiger partial charge in [-0.1, -0.05) is 6.07 Å². The van der Waals surface area contributed by atoms with Crippen molar-refractivity contribution >= 4 is 17.3 Å². The summed E-state index contributed by atoms with van der Waals surface area (Å²) in [4.78, 5) is 0. The highest BCUT2D eigenvalue weighted by atomic mass is 32.1. The molecule has 0 radical (unpaired) electrons. The van der Waals surface area contributed by atoms with E-state index >= 15 is 0 Å². The molecule has 0 aliphatic heterocycles. The van der Waals surface area contributed by atoms with Crippen molar-refractivity contribution in [3.63, 3.8) is 0 Å². The van der Waals surface area contributed by atoms with Crippen LogP contribution >= 0.6 is 12.2 Å². The van der Waals surface area contributed by atoms with E-state index in [-0.39, 0.29) is 5.75 Å². The summed E-state index contributed by atoms with van der Waals surface area (Å²) >= 11 is 5.54. The molecule has 0 saturated heterocycles. The van der Waals surface area contributed by atoms with Crippen LogP contribution in [0.5, 0.6) is 11.5 Å². The zero-order valence-electron chi connectivity index (χ0n) is 14.1. The lowest BCUT2D eigenvalue weighted by atomic mass is 9.54. The van der Waals surface area contributed by atoms with Crippen molar-refractivity contribution in [2.75, 3.05) is 7.11 Å². The number of hydrogen-bond donors (Lipinski definition) is 3. The van der Waals surface area contributed by atoms with Crippen LogP contribution in [0, 0.1) is 23.7 Å². The fourth-order valence-corrected chi connectivity index (χ4v) is 5.59. The number of hydrogen-bond acceptors (Lipinski definition) is 3. The normalized spacial score (nSPS) is 33.3. The summed E-state index contributed by atoms with van der Waals surface area (Å²) < 4.78 is 5.15. The van der Waals surface area contributed by atoms with E-state index in [4.69, 9.17) is 17.0 Å². The van der Waals surface area contributed by atoms with Crippen molar-refractivity contribution in [2.45, 2.75) is 44.7 Å². The monoisotopic (exact) mass is 346 g/mol. The van der Waals surface area contributed by atoms with Crippen molar-refractivity contribution < 1.29 is 9.84 Å². The third-order valence-electron chi connectivity index (χ3n) is 6.22. The van der Waals surface area contributed by atoms with Gasteiger partial charge in [0.05, 0.1) is 7.11 Å². The first-order chi connectivity index (χ1) is 11.6. The Morgan fingerprint density at radius 3 is 2.46 bits per heavy atom. The Balaban J connectivity index is 1.32. The van der Waals surface area contributed by atoms with Gasteiger partial charge in [0.15, 0.2) is 16.6 Å². The van der Waals surface area contributed by atoms with Gasteiger partial charge in [0, 0.05) is 12.6 Å². The van der Waals surface area contributed by atoms with Crippen LogP contribution in [0.15, 0.2) is 18.2 Å². The SMILES string of the molecule is COc1cc(CNC(=S)NC2C3CC4CC(C3)CC2C4)ccc1O. The highest BCUT2D eigenvalue weighted by Crippen LogP contribution is 2.53. The van der Waals surface area contributed by atoms with Crippen LogP contribution in [0.1, 0.15) is 37.7 Å². The molecule has 1 aromatic rings. The molecule has 4 aliphatic carbocycles. The van der Waals surface area contributed by atoms with E-state index in [9.17, 15) is 5.11 Å². The molecule has 4 saturated carbocycles. The van der Waals surface area contributed by atoms with Gasteiger partial charge < -0.3 is 20.5 Å². The molecule has 0 unspecified atom stereocenters. The van der Waals surface area contributed by atoms with E-state index in [0.29, 0.717) is 18.3 Å². The smallest absolute Gasteiger partial charge is 0.166 e. The lowest BCUT2D eigenvalue weighted by molar-refractivity contribution is -0.00694. The summed E-state index contributed by atoms with van der Waals surface area (Å²) in [5.74, 6) is 4.25. The molecule has 4 bridgehead atoms. The molecule has 3 N–H and O–H groups in total. The molecule has 4 fully saturated rings. The van der Waals surface area contributed by atoms with Gasteiger partial charge >= 0.3 is 0 Å². The largest absolute Gasteiger partial charge is 0.504 e. The highest BCUT2D eigenvalue weighted by Gasteiger charge is 2.48. The predicted molar refractivity (Wildman–Crippen MR) is 98.1 cm³/mol. The standard InChI is InChI=1S/C19H26N2O2S/c1-23-17-9-11(2-3-16(17)22)10-20-19(24)21-18-14-5-12-4-13(7-14)8-15(18)6-12/h2-3,9,12-15,18,22H,4-8,10H2,1H3,(H2,20,21,24). The Labute approximate surface area is 149 Å². The van der Waals surface area contributed by atoms with Crippen molar-refractivity contribution in [1.29, 1.82) is 0 Å². The van der Waals surface area contributed by atoms with Gasteiger partial charge in [0.2, 0.25) is 0 Å². The number of ether oxygens (including phenoxy) is 1. The maximum atomic E-state index is 9.66. The second kappa shape index (κ2) is 6.43. The highest BCUT2D eigenvalue weighted by molar-refractivity contribution is 7.80. The molecular weight excluding hydrogens is 320 g/mol. The summed E-state index contributed by atoms with van der Waals surface area (Å²) in [6.07, 6.45) is 7.04. The number of thiocarbonyl (C=S) groups is 1. The fourth-order valence-electron chi connectivity index (χ4n) is 5.38. The van der Waals surface area contributed by atoms with Gasteiger partial charge in [-0.2, -0.15) is 0 Å². The van der Waals surface area contributed by atoms with E-state index in [1.807, 2.05) is 12.1 Å². The number of benzene rings is 1. The summed E-state index contributed by atoms with van der Waals surface area (Å²) in [7, 11) is 1.56. The molecular formula is C19H26N2O2S. The average Bonchev–Trinajstić information content (AvgIpc) is 2.56. The minimum absolute atomic E-state index is 0.163. The van der Waals surface area contributed by atoms with Crippen LogP contribution in [0.2, 0.25) is 0 Å². The Bertz CT molecular complexity index is 606. The molecule has 4 aliphatic rings. The first-order valence-corrected chi connectivity index (χ1v) is 9.43. The number of phenols is 1. The zero-order valence-corrected chi connectivity index (χ0v) is 14.9. The summed E-state index contributed by atoms with van der Waals surface area (Å²) in [5, 5.41) is 17.3. The van der Waals surface area contributed by atoms with Gasteiger partial charge in [0.25, 0.3) is 0 Å². The Kier molecular flexibility index (Phi) is 4.29. The lowest BCUT2D eigenvalue weighted by Gasteiger charge is -2.54. The van der Waals surface area contributed by atoms with Gasteiger partial charge in [-0.05, 0) is 85.7 Å². The van der Waals surface area contributed by atoms with Gasteiger partial charge in [-0.15, -0.1) is 0 Å². The Hall–Kier alpha value is -1.49. The molecule has 5 rings (SSSR count). The maximum Gasteiger partial charge on any atom is 0.166 e. The van der Waals surface area contributed by atoms with Gasteiger partial charge in [-0.25, -0.2) is 0 Å². The number of aromatic hydroxyl groups is 1. The Morgan fingerprint density at radius 2 is 1.83 bits per heavy atom. The molecule has 0 aromatic heterocycles. The van der Waals surface area contributed by atoms with E-state index in [0.717, 1.165) is 34.3 Å². The second-order valence-corrected chi connectivity index (χ2v) is 8.20. The van der Waals surface area contributed by atoms with E-state index in [1.165, 1.54) is 32.1 Å². The predicted octanol–water partition coefficient (Wildman–Crippen LogP) is 3.19. The second-order valence-electron chi connectivity index (χ2n) is 7.79. The van der Waals surface area contributed by atoms with E-state index < -0.39 is 0 Å². The van der Waals surface area contributed by atoms with Crippen molar-refractivity contribution in [2.24, 2.45) is 23.7 Å². The van der Waals surface area contributed by atoms with Gasteiger partial charge in [-0.3, -0.25) is 0 Å². The molecule has 5 heteroatoms. The molecule has 24 heavy (non-hydrogen) atoms. The van der Waals surface area contributed by atoms with Crippen molar-refractivity contribution in [3.05, 3.63) is 23.8 Å². The molecule has 0 amide bonds. The van der Waals surface area contributed by atoms with Gasteiger partial charge in [0.1, 0.15) is 0 Å². The third kappa shape index (κ3) is 3.06. The number of phenolic OH excluding ortho intramolecular Hbond substituents is 1. The van der Waals surface area contributed by atoms with E-state index in [1.54, 1.807) is 13.2 Å². The summed E-state index contributed by atoms with van der Waals surface area (Å²) in [6, 6.07) is 5.95. The lowest BCUT2D eigenvalue weighted by Crippen LogP contribution is -2.57. The average molecular weight is 346 g/mol. The first kappa shape index (κ1) is 16.0. The van der Waals surface area contributed by atoms with Crippen molar-refractivity contribution in [1.82, 2.24) is 10.6 Å². The van der Waals surface area contributed by atoms with Crippen LogP contribution < -0.4 is 15.4 Å². The first-order valence-electron chi connectivity index (χ1n) is 9.02. The van der Waals surface area contributed by atoms with Crippen molar-refractivity contribution in [3.8, 4) is 11.5 Å². The number of rotatable bonds is 4. The number of nitrogens with one attached hydrogen (secondary N) is 2. The molecule has 0 spiro atoms. The minimum Gasteiger partial charge on any atom is -0.504 e. The third-order valence-corrected chi connectivity index (χ3v) is 6.48. The molecule has 130 valence electrons. The number of methoxy groups -OCH3 is 1. The minimum atomic E-state index is 0.163. The Morgan fingerprint density at radius 1 is 1.17 bits per heavy atom. The maximum absolute atomic E-state index is 9.66. The van der Waals surface area contributed by atoms with Crippen LogP contribution in [0.4, 0.5) is 0 Å². The molecule has 1 aromatic carbocycles. The van der Waals surface area contributed by atoms with Crippen LogP contribution in [0.3, 0.4) is 0 Å².